The molecule has 2 amide bonds. The number of benzene rings is 2. The summed E-state index contributed by atoms with van der Waals surface area (Å²) in [5, 5.41) is 2.63. The first kappa shape index (κ1) is 23.3. The minimum absolute atomic E-state index is 0.0973. The van der Waals surface area contributed by atoms with Crippen LogP contribution in [0.2, 0.25) is 0 Å². The van der Waals surface area contributed by atoms with Gasteiger partial charge in [-0.15, -0.1) is 6.58 Å². The predicted molar refractivity (Wildman–Crippen MR) is 123 cm³/mol. The van der Waals surface area contributed by atoms with Crippen molar-refractivity contribution in [2.45, 2.75) is 24.2 Å². The predicted octanol–water partition coefficient (Wildman–Crippen LogP) is 3.04. The van der Waals surface area contributed by atoms with Gasteiger partial charge in [0.2, 0.25) is 0 Å². The first-order chi connectivity index (χ1) is 15.4. The lowest BCUT2D eigenvalue weighted by atomic mass is 10.1. The number of hydrogen-bond donors (Lipinski definition) is 2. The van der Waals surface area contributed by atoms with Gasteiger partial charge in [0, 0.05) is 19.6 Å². The molecule has 1 aliphatic rings. The molecule has 0 spiro atoms. The van der Waals surface area contributed by atoms with Gasteiger partial charge in [0.15, 0.2) is 0 Å². The summed E-state index contributed by atoms with van der Waals surface area (Å²) in [5.41, 5.74) is 0.499. The van der Waals surface area contributed by atoms with Gasteiger partial charge in [-0.2, -0.15) is 0 Å². The number of amides is 2. The number of carbonyl (C=O) groups excluding carboxylic acids is 2. The summed E-state index contributed by atoms with van der Waals surface area (Å²) in [6.07, 6.45) is 4.43. The van der Waals surface area contributed by atoms with Crippen LogP contribution in [0.4, 0.5) is 5.69 Å². The number of likely N-dealkylation sites (tertiary alicyclic amines) is 1. The number of sulfonamides is 1. The third-order valence-electron chi connectivity index (χ3n) is 5.18. The summed E-state index contributed by atoms with van der Waals surface area (Å²) in [6.45, 7) is 5.06. The quantitative estimate of drug-likeness (QED) is 0.593. The minimum atomic E-state index is -4.08. The number of para-hydroxylation sites is 1. The van der Waals surface area contributed by atoms with E-state index in [1.807, 2.05) is 0 Å². The Morgan fingerprint density at radius 1 is 1.09 bits per heavy atom. The molecule has 9 heteroatoms. The fraction of sp³-hybridized carbons (Fsp3) is 0.304. The van der Waals surface area contributed by atoms with Crippen LogP contribution in [0, 0.1) is 0 Å². The molecule has 3 rings (SSSR count). The molecule has 0 aliphatic carbocycles. The van der Waals surface area contributed by atoms with Crippen LogP contribution in [0.15, 0.2) is 60.0 Å². The summed E-state index contributed by atoms with van der Waals surface area (Å²) >= 11 is 0. The van der Waals surface area contributed by atoms with Crippen molar-refractivity contribution in [3.05, 3.63) is 66.2 Å². The molecule has 0 unspecified atom stereocenters. The van der Waals surface area contributed by atoms with Crippen molar-refractivity contribution in [2.75, 3.05) is 31.5 Å². The maximum atomic E-state index is 13.1. The molecule has 2 aromatic rings. The number of rotatable bonds is 8. The van der Waals surface area contributed by atoms with Crippen LogP contribution in [-0.4, -0.2) is 51.9 Å². The maximum absolute atomic E-state index is 13.1. The monoisotopic (exact) mass is 457 g/mol. The number of nitrogens with one attached hydrogen (secondary N) is 2. The standard InChI is InChI=1S/C23H27N3O5S/c1-3-13-24-22(27)18-9-5-6-10-20(18)25-32(29,30)17-11-12-21(31-2)19(16-17)23(28)26-14-7-4-8-15-26/h3,5-6,9-12,16,25H,1,4,7-8,13-15H2,2H3,(H,24,27). The fourth-order valence-corrected chi connectivity index (χ4v) is 4.63. The zero-order valence-electron chi connectivity index (χ0n) is 18.0. The van der Waals surface area contributed by atoms with E-state index in [0.717, 1.165) is 19.3 Å². The van der Waals surface area contributed by atoms with E-state index >= 15 is 0 Å². The topological polar surface area (TPSA) is 105 Å². The molecule has 0 bridgehead atoms. The average Bonchev–Trinajstić information content (AvgIpc) is 2.82. The highest BCUT2D eigenvalue weighted by molar-refractivity contribution is 7.92. The molecule has 2 N–H and O–H groups in total. The number of piperidine rings is 1. The molecule has 170 valence electrons. The van der Waals surface area contributed by atoms with Gasteiger partial charge in [0.25, 0.3) is 21.8 Å². The Bertz CT molecular complexity index is 1110. The van der Waals surface area contributed by atoms with E-state index < -0.39 is 15.9 Å². The van der Waals surface area contributed by atoms with Crippen LogP contribution < -0.4 is 14.8 Å². The summed E-state index contributed by atoms with van der Waals surface area (Å²) in [7, 11) is -2.64. The van der Waals surface area contributed by atoms with Crippen molar-refractivity contribution in [2.24, 2.45) is 0 Å². The van der Waals surface area contributed by atoms with E-state index in [1.54, 1.807) is 17.0 Å². The van der Waals surface area contributed by atoms with Gasteiger partial charge in [-0.3, -0.25) is 14.3 Å². The molecular formula is C23H27N3O5S. The molecule has 32 heavy (non-hydrogen) atoms. The second-order valence-corrected chi connectivity index (χ2v) is 9.05. The average molecular weight is 458 g/mol. The van der Waals surface area contributed by atoms with Crippen molar-refractivity contribution >= 4 is 27.5 Å². The van der Waals surface area contributed by atoms with Crippen LogP contribution in [-0.2, 0) is 10.0 Å². The number of methoxy groups -OCH3 is 1. The Hall–Kier alpha value is -3.33. The molecule has 0 atom stereocenters. The van der Waals surface area contributed by atoms with Crippen LogP contribution in [0.3, 0.4) is 0 Å². The Labute approximate surface area is 188 Å². The molecule has 1 saturated heterocycles. The van der Waals surface area contributed by atoms with Crippen LogP contribution >= 0.6 is 0 Å². The van der Waals surface area contributed by atoms with E-state index in [9.17, 15) is 18.0 Å². The smallest absolute Gasteiger partial charge is 0.261 e. The number of carbonyl (C=O) groups is 2. The van der Waals surface area contributed by atoms with Gasteiger partial charge >= 0.3 is 0 Å². The van der Waals surface area contributed by atoms with E-state index in [1.165, 1.54) is 43.5 Å². The van der Waals surface area contributed by atoms with Crippen molar-refractivity contribution < 1.29 is 22.7 Å². The van der Waals surface area contributed by atoms with E-state index in [-0.39, 0.29) is 34.2 Å². The van der Waals surface area contributed by atoms with Crippen molar-refractivity contribution in [1.29, 1.82) is 0 Å². The number of ether oxygens (including phenoxy) is 1. The summed E-state index contributed by atoms with van der Waals surface area (Å²) in [5.74, 6) is -0.384. The van der Waals surface area contributed by atoms with Crippen LogP contribution in [0.5, 0.6) is 5.75 Å². The Balaban J connectivity index is 1.92. The first-order valence-electron chi connectivity index (χ1n) is 10.4. The zero-order chi connectivity index (χ0) is 23.1. The molecule has 0 radical (unpaired) electrons. The molecule has 2 aromatic carbocycles. The summed E-state index contributed by atoms with van der Waals surface area (Å²) in [6, 6.07) is 10.5. The number of nitrogens with zero attached hydrogens (tertiary/aromatic N) is 1. The molecule has 0 saturated carbocycles. The lowest BCUT2D eigenvalue weighted by molar-refractivity contribution is 0.0720. The molecule has 8 nitrogen and oxygen atoms in total. The molecular weight excluding hydrogens is 430 g/mol. The summed E-state index contributed by atoms with van der Waals surface area (Å²) < 4.78 is 34.0. The second-order valence-electron chi connectivity index (χ2n) is 7.36. The molecule has 0 aromatic heterocycles. The van der Waals surface area contributed by atoms with Crippen molar-refractivity contribution in [3.8, 4) is 5.75 Å². The SMILES string of the molecule is C=CCNC(=O)c1ccccc1NS(=O)(=O)c1ccc(OC)c(C(=O)N2CCCCC2)c1. The van der Waals surface area contributed by atoms with Gasteiger partial charge in [0.05, 0.1) is 28.8 Å². The van der Waals surface area contributed by atoms with Gasteiger partial charge < -0.3 is 15.0 Å². The van der Waals surface area contributed by atoms with E-state index in [4.69, 9.17) is 4.74 Å². The lowest BCUT2D eigenvalue weighted by Crippen LogP contribution is -2.35. The van der Waals surface area contributed by atoms with Crippen LogP contribution in [0.1, 0.15) is 40.0 Å². The Kier molecular flexibility index (Phi) is 7.53. The highest BCUT2D eigenvalue weighted by Gasteiger charge is 2.25. The first-order valence-corrected chi connectivity index (χ1v) is 11.8. The maximum Gasteiger partial charge on any atom is 0.261 e. The Morgan fingerprint density at radius 2 is 1.81 bits per heavy atom. The normalized spacial score (nSPS) is 13.8. The highest BCUT2D eigenvalue weighted by Crippen LogP contribution is 2.27. The van der Waals surface area contributed by atoms with Gasteiger partial charge in [0.1, 0.15) is 5.75 Å². The number of hydrogen-bond acceptors (Lipinski definition) is 5. The minimum Gasteiger partial charge on any atom is -0.496 e. The molecule has 1 fully saturated rings. The van der Waals surface area contributed by atoms with Gasteiger partial charge in [-0.1, -0.05) is 18.2 Å². The van der Waals surface area contributed by atoms with Crippen molar-refractivity contribution in [1.82, 2.24) is 10.2 Å². The summed E-state index contributed by atoms with van der Waals surface area (Å²) in [4.78, 5) is 27.0. The second kappa shape index (κ2) is 10.3. The van der Waals surface area contributed by atoms with Gasteiger partial charge in [-0.25, -0.2) is 8.42 Å². The van der Waals surface area contributed by atoms with E-state index in [0.29, 0.717) is 18.8 Å². The fourth-order valence-electron chi connectivity index (χ4n) is 3.52. The van der Waals surface area contributed by atoms with E-state index in [2.05, 4.69) is 16.6 Å². The van der Waals surface area contributed by atoms with Crippen molar-refractivity contribution in [3.63, 3.8) is 0 Å². The highest BCUT2D eigenvalue weighted by atomic mass is 32.2. The molecule has 1 heterocycles. The number of anilines is 1. The zero-order valence-corrected chi connectivity index (χ0v) is 18.8. The van der Waals surface area contributed by atoms with Crippen LogP contribution in [0.25, 0.3) is 0 Å². The molecule has 1 aliphatic heterocycles. The third-order valence-corrected chi connectivity index (χ3v) is 6.54. The Morgan fingerprint density at radius 3 is 2.50 bits per heavy atom. The lowest BCUT2D eigenvalue weighted by Gasteiger charge is -2.27. The largest absolute Gasteiger partial charge is 0.496 e. The van der Waals surface area contributed by atoms with Gasteiger partial charge in [-0.05, 0) is 49.6 Å². The third kappa shape index (κ3) is 5.28.